The summed E-state index contributed by atoms with van der Waals surface area (Å²) < 4.78 is 4.88. The second-order valence-electron chi connectivity index (χ2n) is 2.36. The van der Waals surface area contributed by atoms with Gasteiger partial charge in [-0.15, -0.1) is 0 Å². The van der Waals surface area contributed by atoms with Crippen molar-refractivity contribution in [3.05, 3.63) is 0 Å². The van der Waals surface area contributed by atoms with E-state index in [-0.39, 0.29) is 12.6 Å². The summed E-state index contributed by atoms with van der Waals surface area (Å²) in [5.74, 6) is 1.89. The highest BCUT2D eigenvalue weighted by atomic mass is 32.2. The molecule has 0 aromatic rings. The molecule has 11 heavy (non-hydrogen) atoms. The Labute approximate surface area is 72.3 Å². The first kappa shape index (κ1) is 11.2. The molecular formula is C7H17NO2S. The fraction of sp³-hybridized carbons (Fsp3) is 1.00. The van der Waals surface area contributed by atoms with E-state index in [1.54, 1.807) is 18.9 Å². The zero-order chi connectivity index (χ0) is 8.53. The summed E-state index contributed by atoms with van der Waals surface area (Å²) in [6, 6.07) is -0.0671. The third kappa shape index (κ3) is 8.13. The Balaban J connectivity index is 2.89. The molecule has 0 amide bonds. The normalized spacial score (nSPS) is 13.4. The van der Waals surface area contributed by atoms with Crippen LogP contribution in [0.5, 0.6) is 0 Å². The lowest BCUT2D eigenvalue weighted by Crippen LogP contribution is -2.27. The Morgan fingerprint density at radius 2 is 2.36 bits per heavy atom. The second-order valence-corrected chi connectivity index (χ2v) is 3.51. The molecule has 0 aliphatic carbocycles. The maximum Gasteiger partial charge on any atom is 0.0590 e. The van der Waals surface area contributed by atoms with Crippen LogP contribution in [-0.2, 0) is 4.74 Å². The SMILES string of the molecule is COCCCSCC(N)CO. The molecule has 1 atom stereocenters. The van der Waals surface area contributed by atoms with Crippen LogP contribution in [0.3, 0.4) is 0 Å². The number of methoxy groups -OCH3 is 1. The first-order chi connectivity index (χ1) is 5.31. The van der Waals surface area contributed by atoms with Gasteiger partial charge in [-0.05, 0) is 12.2 Å². The van der Waals surface area contributed by atoms with Crippen LogP contribution in [-0.4, -0.2) is 43.0 Å². The van der Waals surface area contributed by atoms with Gasteiger partial charge in [0.2, 0.25) is 0 Å². The Bertz CT molecular complexity index is 82.8. The third-order valence-electron chi connectivity index (χ3n) is 1.20. The molecule has 0 bridgehead atoms. The van der Waals surface area contributed by atoms with Gasteiger partial charge in [-0.3, -0.25) is 0 Å². The van der Waals surface area contributed by atoms with Crippen molar-refractivity contribution >= 4 is 11.8 Å². The van der Waals surface area contributed by atoms with Crippen LogP contribution in [0.15, 0.2) is 0 Å². The van der Waals surface area contributed by atoms with E-state index >= 15 is 0 Å². The zero-order valence-electron chi connectivity index (χ0n) is 6.95. The van der Waals surface area contributed by atoms with Gasteiger partial charge >= 0.3 is 0 Å². The van der Waals surface area contributed by atoms with Crippen LogP contribution in [0.4, 0.5) is 0 Å². The number of hydrogen-bond donors (Lipinski definition) is 2. The molecule has 0 fully saturated rings. The van der Waals surface area contributed by atoms with Crippen LogP contribution in [0.2, 0.25) is 0 Å². The molecule has 0 spiro atoms. The zero-order valence-corrected chi connectivity index (χ0v) is 7.77. The van der Waals surface area contributed by atoms with Crippen molar-refractivity contribution in [3.8, 4) is 0 Å². The van der Waals surface area contributed by atoms with Gasteiger partial charge in [0, 0.05) is 25.5 Å². The predicted octanol–water partition coefficient (Wildman–Crippen LogP) is 0.0757. The van der Waals surface area contributed by atoms with Gasteiger partial charge in [-0.25, -0.2) is 0 Å². The summed E-state index contributed by atoms with van der Waals surface area (Å²) in [4.78, 5) is 0. The van der Waals surface area contributed by atoms with Crippen molar-refractivity contribution in [2.24, 2.45) is 5.73 Å². The highest BCUT2D eigenvalue weighted by Gasteiger charge is 1.98. The fourth-order valence-corrected chi connectivity index (χ4v) is 1.49. The number of aliphatic hydroxyl groups excluding tert-OH is 1. The Morgan fingerprint density at radius 3 is 2.91 bits per heavy atom. The molecule has 0 saturated heterocycles. The van der Waals surface area contributed by atoms with E-state index in [9.17, 15) is 0 Å². The quantitative estimate of drug-likeness (QED) is 0.543. The molecule has 1 unspecified atom stereocenters. The summed E-state index contributed by atoms with van der Waals surface area (Å²) >= 11 is 1.76. The van der Waals surface area contributed by atoms with Crippen LogP contribution in [0.1, 0.15) is 6.42 Å². The van der Waals surface area contributed by atoms with Gasteiger partial charge in [0.1, 0.15) is 0 Å². The Hall–Kier alpha value is 0.230. The standard InChI is InChI=1S/C7H17NO2S/c1-10-3-2-4-11-6-7(8)5-9/h7,9H,2-6,8H2,1H3. The minimum absolute atomic E-state index is 0.0671. The summed E-state index contributed by atoms with van der Waals surface area (Å²) in [7, 11) is 1.70. The molecule has 0 saturated carbocycles. The largest absolute Gasteiger partial charge is 0.395 e. The minimum atomic E-state index is -0.0671. The Kier molecular flexibility index (Phi) is 8.50. The molecule has 4 heteroatoms. The molecule has 3 nitrogen and oxygen atoms in total. The molecule has 0 rings (SSSR count). The van der Waals surface area contributed by atoms with Crippen LogP contribution in [0, 0.1) is 0 Å². The fourth-order valence-electron chi connectivity index (χ4n) is 0.593. The molecule has 0 aromatic heterocycles. The smallest absolute Gasteiger partial charge is 0.0590 e. The number of aliphatic hydroxyl groups is 1. The van der Waals surface area contributed by atoms with E-state index in [0.29, 0.717) is 0 Å². The number of ether oxygens (including phenoxy) is 1. The van der Waals surface area contributed by atoms with Crippen LogP contribution < -0.4 is 5.73 Å². The molecule has 68 valence electrons. The first-order valence-electron chi connectivity index (χ1n) is 3.74. The van der Waals surface area contributed by atoms with Gasteiger partial charge in [0.05, 0.1) is 6.61 Å². The summed E-state index contributed by atoms with van der Waals surface area (Å²) in [6.45, 7) is 0.888. The van der Waals surface area contributed by atoms with Crippen molar-refractivity contribution in [3.63, 3.8) is 0 Å². The van der Waals surface area contributed by atoms with Gasteiger partial charge in [0.25, 0.3) is 0 Å². The van der Waals surface area contributed by atoms with E-state index in [0.717, 1.165) is 24.5 Å². The molecule has 0 aliphatic rings. The average Bonchev–Trinajstić information content (AvgIpc) is 2.04. The second kappa shape index (κ2) is 8.33. The highest BCUT2D eigenvalue weighted by molar-refractivity contribution is 7.99. The van der Waals surface area contributed by atoms with Crippen molar-refractivity contribution in [2.75, 3.05) is 31.8 Å². The highest BCUT2D eigenvalue weighted by Crippen LogP contribution is 2.03. The Morgan fingerprint density at radius 1 is 1.64 bits per heavy atom. The first-order valence-corrected chi connectivity index (χ1v) is 4.90. The minimum Gasteiger partial charge on any atom is -0.395 e. The van der Waals surface area contributed by atoms with E-state index in [2.05, 4.69) is 0 Å². The topological polar surface area (TPSA) is 55.5 Å². The van der Waals surface area contributed by atoms with Crippen molar-refractivity contribution in [1.82, 2.24) is 0 Å². The van der Waals surface area contributed by atoms with E-state index < -0.39 is 0 Å². The number of hydrogen-bond acceptors (Lipinski definition) is 4. The lowest BCUT2D eigenvalue weighted by molar-refractivity contribution is 0.200. The van der Waals surface area contributed by atoms with E-state index in [1.165, 1.54) is 0 Å². The van der Waals surface area contributed by atoms with Gasteiger partial charge in [0.15, 0.2) is 0 Å². The van der Waals surface area contributed by atoms with Crippen LogP contribution >= 0.6 is 11.8 Å². The number of nitrogens with two attached hydrogens (primary N) is 1. The van der Waals surface area contributed by atoms with Crippen LogP contribution in [0.25, 0.3) is 0 Å². The van der Waals surface area contributed by atoms with Crippen molar-refractivity contribution in [1.29, 1.82) is 0 Å². The molecular weight excluding hydrogens is 162 g/mol. The van der Waals surface area contributed by atoms with E-state index in [1.807, 2.05) is 0 Å². The summed E-state index contributed by atoms with van der Waals surface area (Å²) in [5, 5.41) is 8.57. The van der Waals surface area contributed by atoms with Gasteiger partial charge in [-0.2, -0.15) is 11.8 Å². The molecule has 0 aliphatic heterocycles. The summed E-state index contributed by atoms with van der Waals surface area (Å²) in [5.41, 5.74) is 5.49. The molecule has 0 radical (unpaired) electrons. The average molecular weight is 179 g/mol. The maximum absolute atomic E-state index is 8.57. The predicted molar refractivity (Wildman–Crippen MR) is 48.9 cm³/mol. The molecule has 0 heterocycles. The van der Waals surface area contributed by atoms with Crippen molar-refractivity contribution < 1.29 is 9.84 Å². The lowest BCUT2D eigenvalue weighted by Gasteiger charge is -2.06. The summed E-state index contributed by atoms with van der Waals surface area (Å²) in [6.07, 6.45) is 1.05. The number of thioether (sulfide) groups is 1. The maximum atomic E-state index is 8.57. The monoisotopic (exact) mass is 179 g/mol. The molecule has 3 N–H and O–H groups in total. The third-order valence-corrected chi connectivity index (χ3v) is 2.44. The number of rotatable bonds is 7. The van der Waals surface area contributed by atoms with E-state index in [4.69, 9.17) is 15.6 Å². The van der Waals surface area contributed by atoms with Crippen molar-refractivity contribution in [2.45, 2.75) is 12.5 Å². The molecule has 0 aromatic carbocycles. The van der Waals surface area contributed by atoms with Gasteiger partial charge in [-0.1, -0.05) is 0 Å². The van der Waals surface area contributed by atoms with Gasteiger partial charge < -0.3 is 15.6 Å². The lowest BCUT2D eigenvalue weighted by atomic mass is 10.4.